The summed E-state index contributed by atoms with van der Waals surface area (Å²) in [6.07, 6.45) is 4.08. The van der Waals surface area contributed by atoms with E-state index in [0.29, 0.717) is 49.1 Å². The second kappa shape index (κ2) is 14.4. The number of piperidine rings is 1. The largest absolute Gasteiger partial charge is 0.481 e. The number of carbonyl (C=O) groups excluding carboxylic acids is 2. The van der Waals surface area contributed by atoms with Crippen LogP contribution in [-0.2, 0) is 4.79 Å². The van der Waals surface area contributed by atoms with Gasteiger partial charge in [-0.15, -0.1) is 0 Å². The number of methoxy groups -OCH3 is 1. The highest BCUT2D eigenvalue weighted by atomic mass is 127. The number of likely N-dealkylation sites (tertiary alicyclic amines) is 1. The average molecular weight is 653 g/mol. The molecule has 2 fully saturated rings. The zero-order chi connectivity index (χ0) is 26.9. The number of amides is 1. The van der Waals surface area contributed by atoms with Crippen molar-refractivity contribution in [3.05, 3.63) is 29.8 Å². The van der Waals surface area contributed by atoms with Gasteiger partial charge in [-0.2, -0.15) is 5.10 Å². The zero-order valence-corrected chi connectivity index (χ0v) is 24.0. The SMILES string of the molecule is CN1CCC(C(=O)NC2CCC(C(F)F)CC2)CC1.COc1cc(-c2cc(C=O)nn2PI)c(F)cn1. The molecule has 2 aromatic rings. The van der Waals surface area contributed by atoms with Gasteiger partial charge in [0.25, 0.3) is 0 Å². The van der Waals surface area contributed by atoms with Crippen LogP contribution in [0.25, 0.3) is 11.3 Å². The first kappa shape index (κ1) is 29.8. The third kappa shape index (κ3) is 8.35. The molecule has 1 saturated heterocycles. The number of halogens is 4. The van der Waals surface area contributed by atoms with E-state index in [0.717, 1.165) is 32.1 Å². The molecule has 1 N–H and O–H groups in total. The maximum absolute atomic E-state index is 13.8. The van der Waals surface area contributed by atoms with Gasteiger partial charge in [-0.3, -0.25) is 9.59 Å². The number of aromatic nitrogens is 3. The minimum Gasteiger partial charge on any atom is -0.481 e. The highest BCUT2D eigenvalue weighted by molar-refractivity contribution is 14.2. The Kier molecular flexibility index (Phi) is 11.6. The third-order valence-corrected chi connectivity index (χ3v) is 8.68. The summed E-state index contributed by atoms with van der Waals surface area (Å²) in [6, 6.07) is 3.13. The van der Waals surface area contributed by atoms with Crippen LogP contribution in [-0.4, -0.2) is 71.3 Å². The smallest absolute Gasteiger partial charge is 0.241 e. The monoisotopic (exact) mass is 653 g/mol. The predicted octanol–water partition coefficient (Wildman–Crippen LogP) is 4.97. The molecule has 1 saturated carbocycles. The molecular weight excluding hydrogens is 621 g/mol. The van der Waals surface area contributed by atoms with Gasteiger partial charge in [-0.05, 0) is 86.8 Å². The quantitative estimate of drug-likeness (QED) is 0.258. The van der Waals surface area contributed by atoms with E-state index in [-0.39, 0.29) is 29.9 Å². The maximum Gasteiger partial charge on any atom is 0.241 e. The normalized spacial score (nSPS) is 21.1. The van der Waals surface area contributed by atoms with Crippen molar-refractivity contribution < 1.29 is 27.5 Å². The van der Waals surface area contributed by atoms with E-state index in [1.165, 1.54) is 19.2 Å². The summed E-state index contributed by atoms with van der Waals surface area (Å²) in [4.78, 5) is 28.8. The van der Waals surface area contributed by atoms with Crippen molar-refractivity contribution in [2.75, 3.05) is 27.2 Å². The number of hydrogen-bond donors (Lipinski definition) is 1. The molecule has 2 aromatic heterocycles. The summed E-state index contributed by atoms with van der Waals surface area (Å²) < 4.78 is 45.4. The summed E-state index contributed by atoms with van der Waals surface area (Å²) >= 11 is 2.11. The van der Waals surface area contributed by atoms with E-state index in [1.807, 2.05) is 0 Å². The molecule has 1 aliphatic heterocycles. The van der Waals surface area contributed by atoms with Gasteiger partial charge in [0.15, 0.2) is 12.1 Å². The van der Waals surface area contributed by atoms with Crippen molar-refractivity contribution in [2.24, 2.45) is 11.8 Å². The van der Waals surface area contributed by atoms with E-state index >= 15 is 0 Å². The minimum atomic E-state index is -2.20. The van der Waals surface area contributed by atoms with Crippen LogP contribution in [0.3, 0.4) is 0 Å². The molecule has 204 valence electrons. The Morgan fingerprint density at radius 2 is 1.89 bits per heavy atom. The molecule has 2 aliphatic rings. The Labute approximate surface area is 229 Å². The Morgan fingerprint density at radius 1 is 1.22 bits per heavy atom. The molecular formula is C24H32F3IN5O3P. The molecule has 13 heteroatoms. The molecule has 1 atom stereocenters. The lowest BCUT2D eigenvalue weighted by atomic mass is 9.85. The van der Waals surface area contributed by atoms with Crippen LogP contribution in [0.1, 0.15) is 49.0 Å². The Morgan fingerprint density at radius 3 is 2.46 bits per heavy atom. The fourth-order valence-corrected chi connectivity index (χ4v) is 6.08. The zero-order valence-electron chi connectivity index (χ0n) is 20.8. The summed E-state index contributed by atoms with van der Waals surface area (Å²) in [6.45, 7) is 1.94. The number of nitrogens with one attached hydrogen (secondary N) is 1. The van der Waals surface area contributed by atoms with Gasteiger partial charge in [-0.1, -0.05) is 0 Å². The molecule has 3 heterocycles. The van der Waals surface area contributed by atoms with Crippen LogP contribution >= 0.6 is 28.4 Å². The van der Waals surface area contributed by atoms with E-state index in [1.54, 1.807) is 4.45 Å². The van der Waals surface area contributed by atoms with Crippen LogP contribution in [0.2, 0.25) is 0 Å². The third-order valence-electron chi connectivity index (χ3n) is 6.81. The van der Waals surface area contributed by atoms with E-state index in [9.17, 15) is 22.8 Å². The number of rotatable bonds is 7. The van der Waals surface area contributed by atoms with E-state index in [2.05, 4.69) is 49.4 Å². The number of alkyl halides is 2. The summed E-state index contributed by atoms with van der Waals surface area (Å²) in [5.41, 5.74) is 1.11. The highest BCUT2D eigenvalue weighted by Crippen LogP contribution is 2.34. The Hall–Kier alpha value is -1.79. The molecule has 37 heavy (non-hydrogen) atoms. The second-order valence-corrected chi connectivity index (χ2v) is 11.3. The van der Waals surface area contributed by atoms with E-state index in [4.69, 9.17) is 4.74 Å². The summed E-state index contributed by atoms with van der Waals surface area (Å²) in [7, 11) is 3.53. The van der Waals surface area contributed by atoms with Gasteiger partial charge in [0.1, 0.15) is 5.69 Å². The van der Waals surface area contributed by atoms with Crippen molar-refractivity contribution in [1.29, 1.82) is 0 Å². The van der Waals surface area contributed by atoms with Crippen LogP contribution in [0.15, 0.2) is 18.3 Å². The van der Waals surface area contributed by atoms with Gasteiger partial charge in [0.2, 0.25) is 18.2 Å². The number of pyridine rings is 1. The molecule has 8 nitrogen and oxygen atoms in total. The van der Waals surface area contributed by atoms with Gasteiger partial charge >= 0.3 is 0 Å². The standard InChI is InChI=1S/C14H24F2N2O.C10H8FIN3O2P/c1-18-8-6-11(7-9-18)14(19)17-12-4-2-10(3-5-12)13(15)16;1-17-10-3-7(8(11)4-13-10)9-2-6(5-16)14-15(9)18-12/h10-13H,2-9H2,1H3,(H,17,19);2-5,18H,1H3. The lowest BCUT2D eigenvalue weighted by Gasteiger charge is -2.32. The molecule has 0 spiro atoms. The number of carbonyl (C=O) groups is 2. The molecule has 1 unspecified atom stereocenters. The first-order valence-electron chi connectivity index (χ1n) is 12.1. The first-order valence-corrected chi connectivity index (χ1v) is 16.2. The van der Waals surface area contributed by atoms with Crippen molar-refractivity contribution in [3.8, 4) is 17.1 Å². The molecule has 1 amide bonds. The predicted molar refractivity (Wildman–Crippen MR) is 145 cm³/mol. The highest BCUT2D eigenvalue weighted by Gasteiger charge is 2.30. The molecule has 0 bridgehead atoms. The average Bonchev–Trinajstić information content (AvgIpc) is 3.33. The second-order valence-electron chi connectivity index (χ2n) is 9.31. The Bertz CT molecular complexity index is 1040. The minimum absolute atomic E-state index is 0.113. The maximum atomic E-state index is 13.8. The number of nitrogens with zero attached hydrogens (tertiary/aromatic N) is 4. The van der Waals surface area contributed by atoms with Crippen LogP contribution in [0.5, 0.6) is 5.88 Å². The van der Waals surface area contributed by atoms with Crippen molar-refractivity contribution >= 4 is 40.6 Å². The van der Waals surface area contributed by atoms with E-state index < -0.39 is 18.2 Å². The topological polar surface area (TPSA) is 89.4 Å². The number of hydrogen-bond acceptors (Lipinski definition) is 6. The van der Waals surface area contributed by atoms with Gasteiger partial charge in [0.05, 0.1) is 25.4 Å². The molecule has 1 aliphatic carbocycles. The van der Waals surface area contributed by atoms with Crippen molar-refractivity contribution in [3.63, 3.8) is 0 Å². The number of ether oxygens (including phenoxy) is 1. The van der Waals surface area contributed by atoms with Gasteiger partial charge in [0, 0.05) is 29.5 Å². The van der Waals surface area contributed by atoms with Crippen molar-refractivity contribution in [2.45, 2.75) is 51.0 Å². The fourth-order valence-electron chi connectivity index (χ4n) is 4.55. The van der Waals surface area contributed by atoms with Gasteiger partial charge < -0.3 is 15.0 Å². The first-order chi connectivity index (χ1) is 17.7. The lowest BCUT2D eigenvalue weighted by Crippen LogP contribution is -2.44. The lowest BCUT2D eigenvalue weighted by molar-refractivity contribution is -0.127. The summed E-state index contributed by atoms with van der Waals surface area (Å²) in [5, 5.41) is 7.11. The molecule has 4 rings (SSSR count). The Balaban J connectivity index is 0.000000206. The van der Waals surface area contributed by atoms with Gasteiger partial charge in [-0.25, -0.2) is 22.6 Å². The van der Waals surface area contributed by atoms with Crippen molar-refractivity contribution in [1.82, 2.24) is 24.8 Å². The van der Waals surface area contributed by atoms with Crippen LogP contribution in [0, 0.1) is 17.7 Å². The molecule has 0 aromatic carbocycles. The fraction of sp³-hybridized carbons (Fsp3) is 0.583. The number of aldehydes is 1. The van der Waals surface area contributed by atoms with Crippen LogP contribution < -0.4 is 10.1 Å². The molecule has 0 radical (unpaired) electrons. The summed E-state index contributed by atoms with van der Waals surface area (Å²) in [5.74, 6) is -0.387. The van der Waals surface area contributed by atoms with Crippen LogP contribution in [0.4, 0.5) is 13.2 Å².